The Balaban J connectivity index is 2.53. The number of ether oxygens (including phenoxy) is 1. The third kappa shape index (κ3) is 4.87. The second-order valence-corrected chi connectivity index (χ2v) is 4.96. The van der Waals surface area contributed by atoms with Crippen LogP contribution in [0.3, 0.4) is 0 Å². The number of carbonyl (C=O) groups is 1. The van der Waals surface area contributed by atoms with Gasteiger partial charge in [-0.15, -0.1) is 0 Å². The quantitative estimate of drug-likeness (QED) is 0.820. The van der Waals surface area contributed by atoms with Crippen molar-refractivity contribution in [2.24, 2.45) is 0 Å². The normalized spacial score (nSPS) is 11.3. The average molecular weight is 266 g/mol. The molecule has 0 saturated heterocycles. The Bertz CT molecular complexity index is 411. The molecule has 0 fully saturated rings. The maximum atomic E-state index is 10.8. The average Bonchev–Trinajstić information content (AvgIpc) is 2.34. The Morgan fingerprint density at radius 2 is 2.00 bits per heavy atom. The van der Waals surface area contributed by atoms with E-state index in [1.807, 2.05) is 0 Å². The summed E-state index contributed by atoms with van der Waals surface area (Å²) in [6.07, 6.45) is 1.45. The van der Waals surface area contributed by atoms with E-state index in [4.69, 9.17) is 9.84 Å². The molecule has 0 bridgehead atoms. The van der Waals surface area contributed by atoms with Gasteiger partial charge < -0.3 is 9.84 Å². The summed E-state index contributed by atoms with van der Waals surface area (Å²) in [7, 11) is 0. The minimum atomic E-state index is -0.974. The van der Waals surface area contributed by atoms with Crippen molar-refractivity contribution in [1.82, 2.24) is 9.88 Å². The van der Waals surface area contributed by atoms with E-state index in [2.05, 4.69) is 37.6 Å². The molecule has 0 aliphatic heterocycles. The van der Waals surface area contributed by atoms with E-state index >= 15 is 0 Å². The summed E-state index contributed by atoms with van der Waals surface area (Å²) in [5, 5.41) is 8.88. The van der Waals surface area contributed by atoms with Crippen LogP contribution in [0.2, 0.25) is 0 Å². The number of nitrogens with zero attached hydrogens (tertiary/aromatic N) is 2. The summed E-state index contributed by atoms with van der Waals surface area (Å²) in [5.74, 6) is -0.620. The van der Waals surface area contributed by atoms with Crippen LogP contribution in [0.25, 0.3) is 0 Å². The number of hydrogen-bond acceptors (Lipinski definition) is 4. The summed E-state index contributed by atoms with van der Waals surface area (Å²) >= 11 is 0. The molecule has 0 aromatic carbocycles. The van der Waals surface area contributed by atoms with E-state index in [0.717, 1.165) is 6.54 Å². The molecule has 5 nitrogen and oxygen atoms in total. The standard InChI is InChI=1S/C14H22N2O3/c1-10(2)16(11(3)4)7-8-19-13-9-12(14(17)18)5-6-15-13/h5-6,9-11H,7-8H2,1-4H3,(H,17,18). The Kier molecular flexibility index (Phi) is 5.76. The fraction of sp³-hybridized carbons (Fsp3) is 0.571. The lowest BCUT2D eigenvalue weighted by molar-refractivity contribution is 0.0696. The topological polar surface area (TPSA) is 62.7 Å². The maximum absolute atomic E-state index is 10.8. The first kappa shape index (κ1) is 15.4. The molecular weight excluding hydrogens is 244 g/mol. The molecular formula is C14H22N2O3. The third-order valence-corrected chi connectivity index (χ3v) is 2.91. The number of carboxylic acid groups (broad SMARTS) is 1. The van der Waals surface area contributed by atoms with Crippen LogP contribution in [0.1, 0.15) is 38.1 Å². The van der Waals surface area contributed by atoms with Crippen molar-refractivity contribution in [3.05, 3.63) is 23.9 Å². The van der Waals surface area contributed by atoms with E-state index in [9.17, 15) is 4.79 Å². The first-order chi connectivity index (χ1) is 8.91. The number of rotatable bonds is 7. The molecule has 0 aliphatic rings. The third-order valence-electron chi connectivity index (χ3n) is 2.91. The molecule has 0 radical (unpaired) electrons. The molecule has 1 N–H and O–H groups in total. The molecule has 1 heterocycles. The highest BCUT2D eigenvalue weighted by Gasteiger charge is 2.13. The number of hydrogen-bond donors (Lipinski definition) is 1. The van der Waals surface area contributed by atoms with Gasteiger partial charge in [-0.2, -0.15) is 0 Å². The van der Waals surface area contributed by atoms with Crippen molar-refractivity contribution in [1.29, 1.82) is 0 Å². The minimum absolute atomic E-state index is 0.189. The SMILES string of the molecule is CC(C)N(CCOc1cc(C(=O)O)ccn1)C(C)C. The van der Waals surface area contributed by atoms with E-state index in [0.29, 0.717) is 24.6 Å². The molecule has 19 heavy (non-hydrogen) atoms. The molecule has 0 unspecified atom stereocenters. The number of pyridine rings is 1. The number of aromatic nitrogens is 1. The van der Waals surface area contributed by atoms with Gasteiger partial charge in [0.25, 0.3) is 0 Å². The fourth-order valence-electron chi connectivity index (χ4n) is 1.99. The fourth-order valence-corrected chi connectivity index (χ4v) is 1.99. The van der Waals surface area contributed by atoms with Crippen LogP contribution < -0.4 is 4.74 Å². The van der Waals surface area contributed by atoms with Crippen LogP contribution in [-0.4, -0.2) is 46.2 Å². The van der Waals surface area contributed by atoms with Crippen molar-refractivity contribution in [2.75, 3.05) is 13.2 Å². The Morgan fingerprint density at radius 1 is 1.37 bits per heavy atom. The van der Waals surface area contributed by atoms with Gasteiger partial charge in [0.05, 0.1) is 5.56 Å². The number of carboxylic acids is 1. The van der Waals surface area contributed by atoms with Crippen molar-refractivity contribution < 1.29 is 14.6 Å². The van der Waals surface area contributed by atoms with Crippen molar-refractivity contribution in [2.45, 2.75) is 39.8 Å². The lowest BCUT2D eigenvalue weighted by Gasteiger charge is -2.30. The second kappa shape index (κ2) is 7.09. The van der Waals surface area contributed by atoms with Crippen LogP contribution in [0.5, 0.6) is 5.88 Å². The lowest BCUT2D eigenvalue weighted by Crippen LogP contribution is -2.39. The van der Waals surface area contributed by atoms with E-state index < -0.39 is 5.97 Å². The largest absolute Gasteiger partial charge is 0.478 e. The zero-order valence-electron chi connectivity index (χ0n) is 12.0. The van der Waals surface area contributed by atoms with Gasteiger partial charge in [0.15, 0.2) is 0 Å². The summed E-state index contributed by atoms with van der Waals surface area (Å²) in [6, 6.07) is 3.78. The van der Waals surface area contributed by atoms with Gasteiger partial charge in [0, 0.05) is 30.9 Å². The monoisotopic (exact) mass is 266 g/mol. The van der Waals surface area contributed by atoms with Crippen LogP contribution in [0, 0.1) is 0 Å². The van der Waals surface area contributed by atoms with Gasteiger partial charge in [-0.3, -0.25) is 4.90 Å². The first-order valence-corrected chi connectivity index (χ1v) is 6.49. The molecule has 0 atom stereocenters. The van der Waals surface area contributed by atoms with Crippen LogP contribution in [-0.2, 0) is 0 Å². The van der Waals surface area contributed by atoms with Crippen molar-refractivity contribution in [3.8, 4) is 5.88 Å². The highest BCUT2D eigenvalue weighted by Crippen LogP contribution is 2.10. The zero-order valence-corrected chi connectivity index (χ0v) is 12.0. The van der Waals surface area contributed by atoms with Gasteiger partial charge in [-0.1, -0.05) is 0 Å². The molecule has 106 valence electrons. The molecule has 5 heteroatoms. The molecule has 0 amide bonds. The van der Waals surface area contributed by atoms with E-state index in [1.165, 1.54) is 18.3 Å². The second-order valence-electron chi connectivity index (χ2n) is 4.96. The Labute approximate surface area is 114 Å². The van der Waals surface area contributed by atoms with Gasteiger partial charge in [0.1, 0.15) is 6.61 Å². The van der Waals surface area contributed by atoms with Gasteiger partial charge in [-0.05, 0) is 33.8 Å². The van der Waals surface area contributed by atoms with Crippen molar-refractivity contribution >= 4 is 5.97 Å². The highest BCUT2D eigenvalue weighted by molar-refractivity contribution is 5.87. The van der Waals surface area contributed by atoms with Gasteiger partial charge in [-0.25, -0.2) is 9.78 Å². The van der Waals surface area contributed by atoms with Crippen LogP contribution in [0.15, 0.2) is 18.3 Å². The summed E-state index contributed by atoms with van der Waals surface area (Å²) in [6.45, 7) is 9.85. The van der Waals surface area contributed by atoms with Crippen molar-refractivity contribution in [3.63, 3.8) is 0 Å². The Morgan fingerprint density at radius 3 is 2.53 bits per heavy atom. The van der Waals surface area contributed by atoms with E-state index in [1.54, 1.807) is 0 Å². The molecule has 0 saturated carbocycles. The zero-order chi connectivity index (χ0) is 14.4. The first-order valence-electron chi connectivity index (χ1n) is 6.49. The predicted molar refractivity (Wildman–Crippen MR) is 73.7 cm³/mol. The van der Waals surface area contributed by atoms with Gasteiger partial charge in [0.2, 0.25) is 5.88 Å². The molecule has 1 aromatic rings. The molecule has 1 aromatic heterocycles. The van der Waals surface area contributed by atoms with E-state index in [-0.39, 0.29) is 5.56 Å². The maximum Gasteiger partial charge on any atom is 0.335 e. The molecule has 1 rings (SSSR count). The summed E-state index contributed by atoms with van der Waals surface area (Å²) in [5.41, 5.74) is 0.189. The molecule has 0 spiro atoms. The molecule has 0 aliphatic carbocycles. The predicted octanol–water partition coefficient (Wildman–Crippen LogP) is 2.28. The summed E-state index contributed by atoms with van der Waals surface area (Å²) < 4.78 is 5.51. The number of aromatic carboxylic acids is 1. The lowest BCUT2D eigenvalue weighted by atomic mass is 10.2. The highest BCUT2D eigenvalue weighted by atomic mass is 16.5. The smallest absolute Gasteiger partial charge is 0.335 e. The van der Waals surface area contributed by atoms with Gasteiger partial charge >= 0.3 is 5.97 Å². The summed E-state index contributed by atoms with van der Waals surface area (Å²) in [4.78, 5) is 17.1. The minimum Gasteiger partial charge on any atom is -0.478 e. The van der Waals surface area contributed by atoms with Crippen LogP contribution in [0.4, 0.5) is 0 Å². The Hall–Kier alpha value is -1.62. The van der Waals surface area contributed by atoms with Crippen LogP contribution >= 0.6 is 0 Å².